The average molecular weight is 893 g/mol. The highest BCUT2D eigenvalue weighted by molar-refractivity contribution is 7.22. The highest BCUT2D eigenvalue weighted by Crippen LogP contribution is 2.52. The number of anilines is 2. The minimum Gasteiger partial charge on any atom is -0.310 e. The molecule has 3 aromatic heterocycles. The Balaban J connectivity index is 1.00. The second-order valence-corrected chi connectivity index (χ2v) is 19.2. The van der Waals surface area contributed by atoms with Crippen molar-refractivity contribution in [3.63, 3.8) is 0 Å². The van der Waals surface area contributed by atoms with Gasteiger partial charge in [-0.2, -0.15) is 0 Å². The number of aromatic nitrogens is 5. The first-order chi connectivity index (χ1) is 33.5. The van der Waals surface area contributed by atoms with Crippen molar-refractivity contribution >= 4 is 54.7 Å². The molecule has 0 atom stereocenters. The molecule has 68 heavy (non-hydrogen) atoms. The molecule has 7 heteroatoms. The number of fused-ring (bicyclic) bond motifs is 7. The standard InChI is InChI=1S/C61H44N6S/c1-61(2)49-28-15-16-29-53(49)66(45-25-13-6-14-26-45)54-35-31-43(38-50(54)61)42-30-34-52-48(37-42)47-32-33-51-56(68-60(62-51)41-22-11-5-12-23-41)55(47)67(52)46-27-17-24-44(36-46)59-64-57(39-18-7-3-8-19-39)63-58(65-59)40-20-9-4-10-21-40/h3-5,7-13,15-38H,6,14H2,1-2H3. The minimum atomic E-state index is -0.209. The summed E-state index contributed by atoms with van der Waals surface area (Å²) in [7, 11) is 0. The summed E-state index contributed by atoms with van der Waals surface area (Å²) < 4.78 is 3.56. The molecule has 4 heterocycles. The molecule has 13 rings (SSSR count). The third-order valence-electron chi connectivity index (χ3n) is 13.7. The lowest BCUT2D eigenvalue weighted by atomic mass is 9.72. The van der Waals surface area contributed by atoms with Crippen LogP contribution in [0.4, 0.5) is 11.4 Å². The topological polar surface area (TPSA) is 59.7 Å². The van der Waals surface area contributed by atoms with Gasteiger partial charge in [-0.05, 0) is 95.8 Å². The van der Waals surface area contributed by atoms with Gasteiger partial charge < -0.3 is 9.47 Å². The summed E-state index contributed by atoms with van der Waals surface area (Å²) in [5, 5.41) is 3.35. The van der Waals surface area contributed by atoms with Crippen molar-refractivity contribution in [2.24, 2.45) is 0 Å². The largest absolute Gasteiger partial charge is 0.310 e. The van der Waals surface area contributed by atoms with E-state index in [2.05, 4.69) is 169 Å². The van der Waals surface area contributed by atoms with E-state index in [0.29, 0.717) is 17.5 Å². The summed E-state index contributed by atoms with van der Waals surface area (Å²) in [6.07, 6.45) is 9.08. The van der Waals surface area contributed by atoms with E-state index < -0.39 is 0 Å². The van der Waals surface area contributed by atoms with Crippen LogP contribution in [0.15, 0.2) is 212 Å². The maximum Gasteiger partial charge on any atom is 0.164 e. The molecule has 1 aliphatic heterocycles. The van der Waals surface area contributed by atoms with Crippen molar-refractivity contribution < 1.29 is 0 Å². The van der Waals surface area contributed by atoms with Crippen LogP contribution in [-0.4, -0.2) is 24.5 Å². The van der Waals surface area contributed by atoms with Gasteiger partial charge in [0, 0.05) is 49.8 Å². The molecule has 0 N–H and O–H groups in total. The molecule has 11 aromatic rings. The number of allylic oxidation sites excluding steroid dienone is 3. The van der Waals surface area contributed by atoms with Crippen molar-refractivity contribution in [2.75, 3.05) is 4.90 Å². The van der Waals surface area contributed by atoms with Gasteiger partial charge in [-0.1, -0.05) is 159 Å². The highest BCUT2D eigenvalue weighted by Gasteiger charge is 2.37. The van der Waals surface area contributed by atoms with Gasteiger partial charge in [0.25, 0.3) is 0 Å². The summed E-state index contributed by atoms with van der Waals surface area (Å²) in [5.41, 5.74) is 16.7. The zero-order valence-electron chi connectivity index (χ0n) is 37.6. The van der Waals surface area contributed by atoms with Crippen LogP contribution < -0.4 is 4.90 Å². The predicted octanol–water partition coefficient (Wildman–Crippen LogP) is 15.9. The lowest BCUT2D eigenvalue weighted by Crippen LogP contribution is -2.32. The molecule has 0 saturated heterocycles. The number of para-hydroxylation sites is 1. The van der Waals surface area contributed by atoms with Crippen molar-refractivity contribution in [3.05, 3.63) is 223 Å². The molecule has 0 spiro atoms. The number of benzene rings is 8. The molecule has 0 bridgehead atoms. The number of hydrogen-bond acceptors (Lipinski definition) is 6. The summed E-state index contributed by atoms with van der Waals surface area (Å²) in [5.74, 6) is 1.88. The van der Waals surface area contributed by atoms with Crippen LogP contribution in [0.5, 0.6) is 0 Å². The molecule has 1 aliphatic carbocycles. The van der Waals surface area contributed by atoms with Crippen molar-refractivity contribution in [1.29, 1.82) is 0 Å². The fraction of sp³-hybridized carbons (Fsp3) is 0.0820. The van der Waals surface area contributed by atoms with E-state index >= 15 is 0 Å². The average Bonchev–Trinajstić information content (AvgIpc) is 3.99. The molecule has 6 nitrogen and oxygen atoms in total. The Morgan fingerprint density at radius 1 is 0.485 bits per heavy atom. The smallest absolute Gasteiger partial charge is 0.164 e. The summed E-state index contributed by atoms with van der Waals surface area (Å²) >= 11 is 1.75. The van der Waals surface area contributed by atoms with Crippen LogP contribution in [-0.2, 0) is 5.41 Å². The Labute approximate surface area is 398 Å². The molecule has 8 aromatic carbocycles. The lowest BCUT2D eigenvalue weighted by molar-refractivity contribution is 0.630. The van der Waals surface area contributed by atoms with Gasteiger partial charge in [-0.15, -0.1) is 11.3 Å². The van der Waals surface area contributed by atoms with Crippen LogP contribution in [0.1, 0.15) is 37.8 Å². The fourth-order valence-electron chi connectivity index (χ4n) is 10.3. The summed E-state index contributed by atoms with van der Waals surface area (Å²) in [4.78, 5) is 22.9. The molecule has 324 valence electrons. The maximum atomic E-state index is 5.22. The first kappa shape index (κ1) is 40.1. The van der Waals surface area contributed by atoms with Crippen molar-refractivity contribution in [2.45, 2.75) is 32.1 Å². The number of hydrogen-bond donors (Lipinski definition) is 0. The van der Waals surface area contributed by atoms with Gasteiger partial charge >= 0.3 is 0 Å². The summed E-state index contributed by atoms with van der Waals surface area (Å²) in [6.45, 7) is 4.74. The Morgan fingerprint density at radius 3 is 1.84 bits per heavy atom. The molecule has 0 radical (unpaired) electrons. The van der Waals surface area contributed by atoms with E-state index in [0.717, 1.165) is 67.0 Å². The van der Waals surface area contributed by atoms with Gasteiger partial charge in [0.2, 0.25) is 0 Å². The van der Waals surface area contributed by atoms with Gasteiger partial charge in [0.15, 0.2) is 17.5 Å². The van der Waals surface area contributed by atoms with Gasteiger partial charge in [0.1, 0.15) is 5.01 Å². The third kappa shape index (κ3) is 6.61. The van der Waals surface area contributed by atoms with Crippen LogP contribution in [0, 0.1) is 0 Å². The van der Waals surface area contributed by atoms with Crippen LogP contribution in [0.2, 0.25) is 0 Å². The van der Waals surface area contributed by atoms with E-state index in [4.69, 9.17) is 19.9 Å². The fourth-order valence-corrected chi connectivity index (χ4v) is 11.4. The molecule has 0 saturated carbocycles. The Kier molecular flexibility index (Phi) is 9.41. The Bertz CT molecular complexity index is 3770. The van der Waals surface area contributed by atoms with Crippen molar-refractivity contribution in [3.8, 4) is 61.5 Å². The van der Waals surface area contributed by atoms with Gasteiger partial charge in [-0.3, -0.25) is 0 Å². The minimum absolute atomic E-state index is 0.209. The Morgan fingerprint density at radius 2 is 1.12 bits per heavy atom. The quantitative estimate of drug-likeness (QED) is 0.160. The second kappa shape index (κ2) is 16.0. The lowest BCUT2D eigenvalue weighted by Gasteiger charge is -2.43. The molecule has 0 amide bonds. The summed E-state index contributed by atoms with van der Waals surface area (Å²) in [6, 6.07) is 66.8. The molecule has 2 aliphatic rings. The maximum absolute atomic E-state index is 5.22. The van der Waals surface area contributed by atoms with Crippen molar-refractivity contribution in [1.82, 2.24) is 24.5 Å². The van der Waals surface area contributed by atoms with E-state index in [1.165, 1.54) is 50.1 Å². The molecular formula is C61H44N6S. The first-order valence-electron chi connectivity index (χ1n) is 23.3. The van der Waals surface area contributed by atoms with Gasteiger partial charge in [-0.25, -0.2) is 19.9 Å². The Hall–Kier alpha value is -8.26. The number of rotatable bonds is 7. The zero-order chi connectivity index (χ0) is 45.3. The molecular weight excluding hydrogens is 849 g/mol. The normalized spacial score (nSPS) is 14.0. The van der Waals surface area contributed by atoms with E-state index in [1.54, 1.807) is 11.3 Å². The highest BCUT2D eigenvalue weighted by atomic mass is 32.1. The monoisotopic (exact) mass is 892 g/mol. The number of nitrogens with zero attached hydrogens (tertiary/aromatic N) is 6. The predicted molar refractivity (Wildman–Crippen MR) is 282 cm³/mol. The SMILES string of the molecule is CC1(C)c2ccccc2N(C2=CCCC=C2)c2ccc(-c3ccc4c(c3)c3ccc5nc(-c6ccccc6)sc5c3n4-c3cccc(-c4nc(-c5ccccc5)nc(-c5ccccc5)n4)c3)cc21. The third-order valence-corrected chi connectivity index (χ3v) is 14.8. The van der Waals surface area contributed by atoms with Crippen LogP contribution >= 0.6 is 11.3 Å². The van der Waals surface area contributed by atoms with E-state index in [9.17, 15) is 0 Å². The second-order valence-electron chi connectivity index (χ2n) is 18.2. The van der Waals surface area contributed by atoms with Crippen LogP contribution in [0.3, 0.4) is 0 Å². The molecule has 0 unspecified atom stereocenters. The molecule has 0 fully saturated rings. The van der Waals surface area contributed by atoms with Gasteiger partial charge in [0.05, 0.1) is 32.6 Å². The number of thiazole rings is 1. The zero-order valence-corrected chi connectivity index (χ0v) is 38.5. The van der Waals surface area contributed by atoms with E-state index in [-0.39, 0.29) is 5.41 Å². The van der Waals surface area contributed by atoms with Crippen LogP contribution in [0.25, 0.3) is 93.6 Å². The van der Waals surface area contributed by atoms with E-state index in [1.807, 2.05) is 60.7 Å². The first-order valence-corrected chi connectivity index (χ1v) is 24.1.